The molecule has 29 heavy (non-hydrogen) atoms. The number of carbonyl (C=O) groups excluding carboxylic acids is 1. The summed E-state index contributed by atoms with van der Waals surface area (Å²) in [6.07, 6.45) is 0.915. The van der Waals surface area contributed by atoms with Crippen LogP contribution in [0.15, 0.2) is 35.7 Å². The van der Waals surface area contributed by atoms with Gasteiger partial charge in [-0.2, -0.15) is 0 Å². The third kappa shape index (κ3) is 6.35. The largest absolute Gasteiger partial charge is 0.497 e. The van der Waals surface area contributed by atoms with Crippen molar-refractivity contribution in [2.45, 2.75) is 13.0 Å². The third-order valence-electron chi connectivity index (χ3n) is 4.87. The monoisotopic (exact) mass is 419 g/mol. The number of urea groups is 1. The first-order chi connectivity index (χ1) is 14.2. The number of anilines is 1. The van der Waals surface area contributed by atoms with Gasteiger partial charge in [-0.05, 0) is 30.0 Å². The molecule has 158 valence electrons. The van der Waals surface area contributed by atoms with Crippen LogP contribution in [0.4, 0.5) is 10.5 Å². The Morgan fingerprint density at radius 3 is 2.76 bits per heavy atom. The molecule has 0 aliphatic carbocycles. The van der Waals surface area contributed by atoms with Crippen LogP contribution in [0, 0.1) is 0 Å². The topological polar surface area (TPSA) is 63.3 Å². The van der Waals surface area contributed by atoms with E-state index in [2.05, 4.69) is 16.3 Å². The van der Waals surface area contributed by atoms with Gasteiger partial charge in [0.25, 0.3) is 0 Å². The normalized spacial score (nSPS) is 14.4. The fourth-order valence-corrected chi connectivity index (χ4v) is 3.97. The Labute approximate surface area is 176 Å². The Bertz CT molecular complexity index is 763. The van der Waals surface area contributed by atoms with Crippen LogP contribution in [-0.2, 0) is 11.3 Å². The standard InChI is InChI=1S/C21H29N3O4S/c1-26-17-6-7-19(20(15-17)27-2)22-21(25)24(16-18-5-3-14-29-18)9-4-8-23-10-12-28-13-11-23/h3,5-7,14-15H,4,8-13,16H2,1-2H3,(H,22,25). The predicted octanol–water partition coefficient (Wildman–Crippen LogP) is 3.52. The predicted molar refractivity (Wildman–Crippen MR) is 115 cm³/mol. The molecular weight excluding hydrogens is 390 g/mol. The summed E-state index contributed by atoms with van der Waals surface area (Å²) in [5.41, 5.74) is 0.627. The molecule has 2 aromatic rings. The molecule has 0 unspecified atom stereocenters. The molecule has 1 N–H and O–H groups in total. The fraction of sp³-hybridized carbons (Fsp3) is 0.476. The molecule has 1 aliphatic heterocycles. The highest BCUT2D eigenvalue weighted by atomic mass is 32.1. The van der Waals surface area contributed by atoms with Crippen LogP contribution in [0.25, 0.3) is 0 Å². The molecule has 0 saturated carbocycles. The molecule has 2 heterocycles. The molecule has 3 rings (SSSR count). The first kappa shape index (κ1) is 21.4. The smallest absolute Gasteiger partial charge is 0.322 e. The minimum Gasteiger partial charge on any atom is -0.497 e. The Hall–Kier alpha value is -2.29. The van der Waals surface area contributed by atoms with E-state index in [4.69, 9.17) is 14.2 Å². The van der Waals surface area contributed by atoms with Crippen LogP contribution in [0.5, 0.6) is 11.5 Å². The van der Waals surface area contributed by atoms with E-state index in [-0.39, 0.29) is 6.03 Å². The van der Waals surface area contributed by atoms with Crippen molar-refractivity contribution in [3.05, 3.63) is 40.6 Å². The van der Waals surface area contributed by atoms with Crippen molar-refractivity contribution in [1.29, 1.82) is 0 Å². The molecule has 1 aromatic carbocycles. The molecule has 1 aromatic heterocycles. The number of thiophene rings is 1. The van der Waals surface area contributed by atoms with Gasteiger partial charge in [0, 0.05) is 37.1 Å². The summed E-state index contributed by atoms with van der Waals surface area (Å²) in [5, 5.41) is 5.02. The average Bonchev–Trinajstić information content (AvgIpc) is 3.27. The maximum atomic E-state index is 13.0. The summed E-state index contributed by atoms with van der Waals surface area (Å²) in [6.45, 7) is 5.72. The number of nitrogens with one attached hydrogen (secondary N) is 1. The van der Waals surface area contributed by atoms with Crippen molar-refractivity contribution in [3.63, 3.8) is 0 Å². The maximum absolute atomic E-state index is 13.0. The zero-order valence-electron chi connectivity index (χ0n) is 17.1. The van der Waals surface area contributed by atoms with Crippen molar-refractivity contribution in [1.82, 2.24) is 9.80 Å². The second-order valence-electron chi connectivity index (χ2n) is 6.80. The zero-order valence-corrected chi connectivity index (χ0v) is 17.9. The molecule has 0 atom stereocenters. The SMILES string of the molecule is COc1ccc(NC(=O)N(CCCN2CCOCC2)Cc2cccs2)c(OC)c1. The number of ether oxygens (including phenoxy) is 3. The van der Waals surface area contributed by atoms with Crippen molar-refractivity contribution >= 4 is 23.1 Å². The van der Waals surface area contributed by atoms with E-state index in [0.717, 1.165) is 44.1 Å². The molecule has 1 fully saturated rings. The molecule has 1 aliphatic rings. The van der Waals surface area contributed by atoms with E-state index in [1.807, 2.05) is 16.3 Å². The highest BCUT2D eigenvalue weighted by molar-refractivity contribution is 7.09. The van der Waals surface area contributed by atoms with Gasteiger partial charge in [-0.25, -0.2) is 4.79 Å². The highest BCUT2D eigenvalue weighted by Crippen LogP contribution is 2.29. The fourth-order valence-electron chi connectivity index (χ4n) is 3.25. The Morgan fingerprint density at radius 1 is 1.24 bits per heavy atom. The van der Waals surface area contributed by atoms with Gasteiger partial charge in [0.1, 0.15) is 11.5 Å². The van der Waals surface area contributed by atoms with Crippen LogP contribution >= 0.6 is 11.3 Å². The highest BCUT2D eigenvalue weighted by Gasteiger charge is 2.18. The van der Waals surface area contributed by atoms with Gasteiger partial charge in [0.2, 0.25) is 0 Å². The van der Waals surface area contributed by atoms with Gasteiger partial charge in [0.05, 0.1) is 39.7 Å². The summed E-state index contributed by atoms with van der Waals surface area (Å²) in [7, 11) is 3.18. The van der Waals surface area contributed by atoms with Crippen molar-refractivity contribution in [2.24, 2.45) is 0 Å². The van der Waals surface area contributed by atoms with Crippen LogP contribution in [-0.4, -0.2) is 69.4 Å². The van der Waals surface area contributed by atoms with Gasteiger partial charge in [-0.1, -0.05) is 6.07 Å². The average molecular weight is 420 g/mol. The van der Waals surface area contributed by atoms with Crippen molar-refractivity contribution in [2.75, 3.05) is 58.9 Å². The lowest BCUT2D eigenvalue weighted by Gasteiger charge is -2.28. The number of morpholine rings is 1. The Morgan fingerprint density at radius 2 is 2.07 bits per heavy atom. The molecule has 2 amide bonds. The number of hydrogen-bond donors (Lipinski definition) is 1. The first-order valence-corrected chi connectivity index (χ1v) is 10.7. The third-order valence-corrected chi connectivity index (χ3v) is 5.73. The maximum Gasteiger partial charge on any atom is 0.322 e. The minimum absolute atomic E-state index is 0.135. The summed E-state index contributed by atoms with van der Waals surface area (Å²) >= 11 is 1.66. The van der Waals surface area contributed by atoms with E-state index in [1.54, 1.807) is 43.8 Å². The van der Waals surface area contributed by atoms with Gasteiger partial charge >= 0.3 is 6.03 Å². The second-order valence-corrected chi connectivity index (χ2v) is 7.84. The Balaban J connectivity index is 1.63. The van der Waals surface area contributed by atoms with E-state index in [1.165, 1.54) is 0 Å². The molecule has 8 heteroatoms. The summed E-state index contributed by atoms with van der Waals surface area (Å²) < 4.78 is 16.0. The van der Waals surface area contributed by atoms with Gasteiger partial charge < -0.3 is 24.4 Å². The number of hydrogen-bond acceptors (Lipinski definition) is 6. The lowest BCUT2D eigenvalue weighted by atomic mass is 10.2. The quantitative estimate of drug-likeness (QED) is 0.674. The molecule has 0 radical (unpaired) electrons. The number of amides is 2. The van der Waals surface area contributed by atoms with E-state index < -0.39 is 0 Å². The summed E-state index contributed by atoms with van der Waals surface area (Å²) in [4.78, 5) is 18.4. The first-order valence-electron chi connectivity index (χ1n) is 9.80. The lowest BCUT2D eigenvalue weighted by Crippen LogP contribution is -2.40. The zero-order chi connectivity index (χ0) is 20.5. The molecule has 1 saturated heterocycles. The van der Waals surface area contributed by atoms with Crippen molar-refractivity contribution < 1.29 is 19.0 Å². The molecule has 0 spiro atoms. The van der Waals surface area contributed by atoms with Crippen molar-refractivity contribution in [3.8, 4) is 11.5 Å². The minimum atomic E-state index is -0.135. The second kappa shape index (κ2) is 11.0. The Kier molecular flexibility index (Phi) is 8.15. The molecule has 0 bridgehead atoms. The van der Waals surface area contributed by atoms with Gasteiger partial charge in [-0.15, -0.1) is 11.3 Å². The number of methoxy groups -OCH3 is 2. The number of carbonyl (C=O) groups is 1. The van der Waals surface area contributed by atoms with Crippen LogP contribution in [0.2, 0.25) is 0 Å². The van der Waals surface area contributed by atoms with Crippen LogP contribution in [0.1, 0.15) is 11.3 Å². The van der Waals surface area contributed by atoms with Crippen LogP contribution < -0.4 is 14.8 Å². The van der Waals surface area contributed by atoms with Crippen LogP contribution in [0.3, 0.4) is 0 Å². The number of rotatable bonds is 9. The summed E-state index contributed by atoms with van der Waals surface area (Å²) in [5.74, 6) is 1.25. The number of nitrogens with zero attached hydrogens (tertiary/aromatic N) is 2. The lowest BCUT2D eigenvalue weighted by molar-refractivity contribution is 0.0365. The van der Waals surface area contributed by atoms with Gasteiger partial charge in [-0.3, -0.25) is 4.90 Å². The van der Waals surface area contributed by atoms with E-state index >= 15 is 0 Å². The van der Waals surface area contributed by atoms with Gasteiger partial charge in [0.15, 0.2) is 0 Å². The number of benzene rings is 1. The summed E-state index contributed by atoms with van der Waals surface area (Å²) in [6, 6.07) is 9.30. The molecular formula is C21H29N3O4S. The van der Waals surface area contributed by atoms with E-state index in [9.17, 15) is 4.79 Å². The molecule has 7 nitrogen and oxygen atoms in total. The van der Waals surface area contributed by atoms with E-state index in [0.29, 0.717) is 30.3 Å².